The van der Waals surface area contributed by atoms with Gasteiger partial charge in [0.05, 0.1) is 0 Å². The smallest absolute Gasteiger partial charge is 0.260 e. The highest BCUT2D eigenvalue weighted by atomic mass is 16.5. The first kappa shape index (κ1) is 19.7. The van der Waals surface area contributed by atoms with Crippen molar-refractivity contribution < 1.29 is 14.3 Å². The molecule has 6 nitrogen and oxygen atoms in total. The average molecular weight is 373 g/mol. The first-order valence-electron chi connectivity index (χ1n) is 10.1. The van der Waals surface area contributed by atoms with Gasteiger partial charge >= 0.3 is 0 Å². The Kier molecular flexibility index (Phi) is 6.72. The first-order valence-corrected chi connectivity index (χ1v) is 10.1. The van der Waals surface area contributed by atoms with Gasteiger partial charge in [0.15, 0.2) is 6.61 Å². The molecule has 0 spiro atoms. The van der Waals surface area contributed by atoms with Crippen molar-refractivity contribution in [1.82, 2.24) is 15.5 Å². The molecule has 2 amide bonds. The predicted octanol–water partition coefficient (Wildman–Crippen LogP) is 2.34. The molecule has 2 saturated heterocycles. The van der Waals surface area contributed by atoms with Crippen LogP contribution in [0.1, 0.15) is 56.3 Å². The van der Waals surface area contributed by atoms with Crippen LogP contribution in [-0.4, -0.2) is 54.5 Å². The van der Waals surface area contributed by atoms with E-state index >= 15 is 0 Å². The van der Waals surface area contributed by atoms with Crippen molar-refractivity contribution in [3.05, 3.63) is 29.8 Å². The van der Waals surface area contributed by atoms with E-state index in [0.29, 0.717) is 11.3 Å². The van der Waals surface area contributed by atoms with Gasteiger partial charge in [0, 0.05) is 30.2 Å². The molecule has 0 bridgehead atoms. The molecule has 0 aliphatic carbocycles. The summed E-state index contributed by atoms with van der Waals surface area (Å²) in [5.74, 6) is 0.570. The highest BCUT2D eigenvalue weighted by Gasteiger charge is 2.29. The fourth-order valence-corrected chi connectivity index (χ4v) is 4.08. The molecule has 27 heavy (non-hydrogen) atoms. The molecule has 1 aromatic rings. The maximum Gasteiger partial charge on any atom is 0.260 e. The number of likely N-dealkylation sites (tertiary alicyclic amines) is 1. The number of amides is 2. The average Bonchev–Trinajstić information content (AvgIpc) is 2.67. The minimum atomic E-state index is -0.0673. The van der Waals surface area contributed by atoms with Gasteiger partial charge < -0.3 is 20.3 Å². The third kappa shape index (κ3) is 5.22. The van der Waals surface area contributed by atoms with Gasteiger partial charge in [-0.15, -0.1) is 0 Å². The normalized spacial score (nSPS) is 25.7. The van der Waals surface area contributed by atoms with E-state index in [0.717, 1.165) is 38.8 Å². The van der Waals surface area contributed by atoms with Crippen LogP contribution in [0, 0.1) is 0 Å². The van der Waals surface area contributed by atoms with Crippen LogP contribution in [-0.2, 0) is 4.79 Å². The number of carbonyl (C=O) groups is 2. The Morgan fingerprint density at radius 2 is 1.81 bits per heavy atom. The van der Waals surface area contributed by atoms with Crippen LogP contribution in [0.4, 0.5) is 0 Å². The molecule has 0 radical (unpaired) electrons. The number of benzene rings is 1. The minimum Gasteiger partial charge on any atom is -0.484 e. The first-order chi connectivity index (χ1) is 13.0. The van der Waals surface area contributed by atoms with Crippen molar-refractivity contribution in [2.75, 3.05) is 19.7 Å². The standard InChI is InChI=1S/C21H31N3O3/c1-15-5-3-6-16(2)24(15)20(25)14-27-19-10-8-17(9-11-19)21(26)23-18-7-4-12-22-13-18/h8-11,15-16,18,22H,3-7,12-14H2,1-2H3,(H,23,26). The topological polar surface area (TPSA) is 70.7 Å². The minimum absolute atomic E-state index is 0.0290. The van der Waals surface area contributed by atoms with Gasteiger partial charge in [-0.25, -0.2) is 0 Å². The summed E-state index contributed by atoms with van der Waals surface area (Å²) >= 11 is 0. The predicted molar refractivity (Wildman–Crippen MR) is 105 cm³/mol. The van der Waals surface area contributed by atoms with Gasteiger partial charge in [-0.1, -0.05) is 0 Å². The lowest BCUT2D eigenvalue weighted by Crippen LogP contribution is -2.49. The Morgan fingerprint density at radius 3 is 2.44 bits per heavy atom. The van der Waals surface area contributed by atoms with Gasteiger partial charge in [-0.3, -0.25) is 9.59 Å². The molecule has 6 heteroatoms. The monoisotopic (exact) mass is 373 g/mol. The highest BCUT2D eigenvalue weighted by Crippen LogP contribution is 2.23. The SMILES string of the molecule is CC1CCCC(C)N1C(=O)COc1ccc(C(=O)NC2CCCNC2)cc1. The molecule has 2 N–H and O–H groups in total. The van der Waals surface area contributed by atoms with Crippen molar-refractivity contribution >= 4 is 11.8 Å². The number of nitrogens with zero attached hydrogens (tertiary/aromatic N) is 1. The zero-order valence-electron chi connectivity index (χ0n) is 16.4. The van der Waals surface area contributed by atoms with E-state index in [1.54, 1.807) is 24.3 Å². The lowest BCUT2D eigenvalue weighted by atomic mass is 9.97. The van der Waals surface area contributed by atoms with Crippen LogP contribution in [0.2, 0.25) is 0 Å². The maximum absolute atomic E-state index is 12.5. The number of carbonyl (C=O) groups excluding carboxylic acids is 2. The largest absolute Gasteiger partial charge is 0.484 e. The summed E-state index contributed by atoms with van der Waals surface area (Å²) < 4.78 is 5.67. The van der Waals surface area contributed by atoms with Gasteiger partial charge in [-0.2, -0.15) is 0 Å². The molecule has 2 aliphatic heterocycles. The highest BCUT2D eigenvalue weighted by molar-refractivity contribution is 5.94. The Balaban J connectivity index is 1.50. The third-order valence-corrected chi connectivity index (χ3v) is 5.59. The fraction of sp³-hybridized carbons (Fsp3) is 0.619. The van der Waals surface area contributed by atoms with Gasteiger partial charge in [0.25, 0.3) is 11.8 Å². The number of hydrogen-bond donors (Lipinski definition) is 2. The Morgan fingerprint density at radius 1 is 1.11 bits per heavy atom. The molecule has 0 aromatic heterocycles. The van der Waals surface area contributed by atoms with Gasteiger partial charge in [-0.05, 0) is 76.8 Å². The lowest BCUT2D eigenvalue weighted by molar-refractivity contribution is -0.139. The van der Waals surface area contributed by atoms with E-state index in [2.05, 4.69) is 24.5 Å². The molecular formula is C21H31N3O3. The summed E-state index contributed by atoms with van der Waals surface area (Å²) in [6.45, 7) is 6.08. The van der Waals surface area contributed by atoms with E-state index in [-0.39, 0.29) is 36.5 Å². The second kappa shape index (κ2) is 9.22. The van der Waals surface area contributed by atoms with Crippen molar-refractivity contribution in [3.8, 4) is 5.75 Å². The number of nitrogens with one attached hydrogen (secondary N) is 2. The van der Waals surface area contributed by atoms with Crippen LogP contribution in [0.25, 0.3) is 0 Å². The number of rotatable bonds is 5. The number of piperidine rings is 2. The molecule has 0 saturated carbocycles. The third-order valence-electron chi connectivity index (χ3n) is 5.59. The second-order valence-electron chi connectivity index (χ2n) is 7.76. The lowest BCUT2D eigenvalue weighted by Gasteiger charge is -2.38. The second-order valence-corrected chi connectivity index (χ2v) is 7.76. The van der Waals surface area contributed by atoms with Crippen LogP contribution in [0.3, 0.4) is 0 Å². The summed E-state index contributed by atoms with van der Waals surface area (Å²) in [7, 11) is 0. The van der Waals surface area contributed by atoms with Gasteiger partial charge in [0.1, 0.15) is 5.75 Å². The Bertz CT molecular complexity index is 631. The summed E-state index contributed by atoms with van der Waals surface area (Å²) in [5.41, 5.74) is 0.609. The van der Waals surface area contributed by atoms with E-state index < -0.39 is 0 Å². The summed E-state index contributed by atoms with van der Waals surface area (Å²) in [4.78, 5) is 26.8. The fourth-order valence-electron chi connectivity index (χ4n) is 4.08. The van der Waals surface area contributed by atoms with Crippen molar-refractivity contribution in [3.63, 3.8) is 0 Å². The van der Waals surface area contributed by atoms with Crippen molar-refractivity contribution in [2.45, 2.75) is 64.1 Å². The Hall–Kier alpha value is -2.08. The summed E-state index contributed by atoms with van der Waals surface area (Å²) in [6, 6.07) is 7.73. The molecule has 3 rings (SSSR count). The quantitative estimate of drug-likeness (QED) is 0.831. The zero-order valence-corrected chi connectivity index (χ0v) is 16.4. The van der Waals surface area contributed by atoms with Crippen LogP contribution < -0.4 is 15.4 Å². The molecular weight excluding hydrogens is 342 g/mol. The molecule has 2 fully saturated rings. The molecule has 2 aliphatic rings. The van der Waals surface area contributed by atoms with E-state index in [1.165, 1.54) is 6.42 Å². The number of hydrogen-bond acceptors (Lipinski definition) is 4. The molecule has 148 valence electrons. The summed E-state index contributed by atoms with van der Waals surface area (Å²) in [6.07, 6.45) is 5.37. The molecule has 1 aromatic carbocycles. The molecule has 3 atom stereocenters. The maximum atomic E-state index is 12.5. The van der Waals surface area contributed by atoms with Crippen molar-refractivity contribution in [2.24, 2.45) is 0 Å². The Labute approximate surface area is 161 Å². The molecule has 2 heterocycles. The van der Waals surface area contributed by atoms with E-state index in [1.807, 2.05) is 4.90 Å². The van der Waals surface area contributed by atoms with Crippen molar-refractivity contribution in [1.29, 1.82) is 0 Å². The van der Waals surface area contributed by atoms with Gasteiger partial charge in [0.2, 0.25) is 0 Å². The molecule has 3 unspecified atom stereocenters. The van der Waals surface area contributed by atoms with Crippen LogP contribution >= 0.6 is 0 Å². The number of ether oxygens (including phenoxy) is 1. The van der Waals surface area contributed by atoms with E-state index in [4.69, 9.17) is 4.74 Å². The summed E-state index contributed by atoms with van der Waals surface area (Å²) in [5, 5.41) is 6.35. The van der Waals surface area contributed by atoms with Crippen LogP contribution in [0.15, 0.2) is 24.3 Å². The van der Waals surface area contributed by atoms with Crippen LogP contribution in [0.5, 0.6) is 5.75 Å². The van der Waals surface area contributed by atoms with E-state index in [9.17, 15) is 9.59 Å². The zero-order chi connectivity index (χ0) is 19.2.